The second-order valence-corrected chi connectivity index (χ2v) is 14.7. The molecule has 0 radical (unpaired) electrons. The van der Waals surface area contributed by atoms with Gasteiger partial charge in [0.05, 0.1) is 107 Å². The minimum atomic E-state index is -1.44. The quantitative estimate of drug-likeness (QED) is 0.0549. The van der Waals surface area contributed by atoms with E-state index in [0.717, 1.165) is 17.7 Å². The van der Waals surface area contributed by atoms with E-state index in [-0.39, 0.29) is 61.9 Å². The molecule has 2 atom stereocenters. The Morgan fingerprint density at radius 1 is 0.873 bits per heavy atom. The Morgan fingerprint density at radius 2 is 1.59 bits per heavy atom. The van der Waals surface area contributed by atoms with Crippen LogP contribution in [-0.2, 0) is 33.3 Å². The summed E-state index contributed by atoms with van der Waals surface area (Å²) >= 11 is 0. The summed E-state index contributed by atoms with van der Waals surface area (Å²) in [5.41, 5.74) is 2.58. The van der Waals surface area contributed by atoms with Crippen molar-refractivity contribution in [1.82, 2.24) is 35.3 Å². The number of imide groups is 2. The van der Waals surface area contributed by atoms with Crippen LogP contribution in [0.4, 0.5) is 15.8 Å². The number of hydrogen-bond donors (Lipinski definition) is 4. The molecule has 4 aromatic rings. The van der Waals surface area contributed by atoms with Crippen molar-refractivity contribution in [2.75, 3.05) is 89.8 Å². The third-order valence-corrected chi connectivity index (χ3v) is 10.1. The molecule has 1 aromatic carbocycles. The van der Waals surface area contributed by atoms with E-state index in [0.29, 0.717) is 86.6 Å². The van der Waals surface area contributed by atoms with Crippen LogP contribution in [0.5, 0.6) is 0 Å². The zero-order valence-corrected chi connectivity index (χ0v) is 34.3. The summed E-state index contributed by atoms with van der Waals surface area (Å²) in [4.78, 5) is 72.8. The summed E-state index contributed by atoms with van der Waals surface area (Å²) in [6.45, 7) is 2.58. The molecule has 5 heterocycles. The Labute approximate surface area is 360 Å². The Hall–Kier alpha value is -6.44. The lowest BCUT2D eigenvalue weighted by molar-refractivity contribution is -0.136. The number of ether oxygens (including phenoxy) is 5. The van der Waals surface area contributed by atoms with Crippen molar-refractivity contribution in [3.05, 3.63) is 71.2 Å². The van der Waals surface area contributed by atoms with Gasteiger partial charge < -0.3 is 39.6 Å². The number of nitrogens with one attached hydrogen (secondary N) is 4. The van der Waals surface area contributed by atoms with Crippen molar-refractivity contribution in [2.45, 2.75) is 43.9 Å². The Kier molecular flexibility index (Phi) is 15.3. The number of benzene rings is 1. The minimum Gasteiger partial charge on any atom is -0.382 e. The van der Waals surface area contributed by atoms with E-state index in [9.17, 15) is 28.4 Å². The van der Waals surface area contributed by atoms with Crippen LogP contribution in [0.15, 0.2) is 48.9 Å². The Balaban J connectivity index is 0.689. The summed E-state index contributed by atoms with van der Waals surface area (Å²) in [6, 6.07) is 9.50. The highest BCUT2D eigenvalue weighted by Crippen LogP contribution is 2.32. The van der Waals surface area contributed by atoms with Crippen molar-refractivity contribution < 1.29 is 52.0 Å². The molecule has 3 aromatic heterocycles. The van der Waals surface area contributed by atoms with Crippen LogP contribution in [0.25, 0.3) is 16.9 Å². The Bertz CT molecular complexity index is 2350. The molecule has 0 spiro atoms. The minimum absolute atomic E-state index is 0.0478. The van der Waals surface area contributed by atoms with E-state index in [1.165, 1.54) is 23.1 Å². The molecule has 20 nitrogen and oxygen atoms in total. The van der Waals surface area contributed by atoms with Gasteiger partial charge in [-0.15, -0.1) is 0 Å². The molecule has 332 valence electrons. The first-order valence-electron chi connectivity index (χ1n) is 20.6. The van der Waals surface area contributed by atoms with E-state index in [1.807, 2.05) is 0 Å². The van der Waals surface area contributed by atoms with Crippen LogP contribution in [0, 0.1) is 11.3 Å². The van der Waals surface area contributed by atoms with Crippen LogP contribution < -0.4 is 21.3 Å². The smallest absolute Gasteiger partial charge is 0.264 e. The van der Waals surface area contributed by atoms with Gasteiger partial charge in [0.25, 0.3) is 17.7 Å². The van der Waals surface area contributed by atoms with E-state index in [1.54, 1.807) is 30.5 Å². The molecule has 1 aliphatic carbocycles. The first kappa shape index (κ1) is 44.6. The average molecular weight is 871 g/mol. The molecule has 7 rings (SSSR count). The molecule has 2 unspecified atom stereocenters. The molecule has 5 amide bonds. The number of rotatable bonds is 25. The van der Waals surface area contributed by atoms with E-state index < -0.39 is 41.7 Å². The number of carbonyl (C=O) groups excluding carboxylic acids is 5. The number of anilines is 2. The normalized spacial score (nSPS) is 16.5. The molecule has 0 bridgehead atoms. The number of carbonyl (C=O) groups is 5. The van der Waals surface area contributed by atoms with Crippen LogP contribution >= 0.6 is 0 Å². The van der Waals surface area contributed by atoms with Crippen LogP contribution in [-0.4, -0.2) is 152 Å². The first-order valence-corrected chi connectivity index (χ1v) is 20.6. The zero-order chi connectivity index (χ0) is 44.1. The van der Waals surface area contributed by atoms with E-state index >= 15 is 0 Å². The highest BCUT2D eigenvalue weighted by molar-refractivity contribution is 6.25. The summed E-state index contributed by atoms with van der Waals surface area (Å²) in [6.07, 6.45) is 5.09. The van der Waals surface area contributed by atoms with Crippen LogP contribution in [0.2, 0.25) is 0 Å². The number of nitrogens with zero attached hydrogens (tertiary/aromatic N) is 6. The van der Waals surface area contributed by atoms with Gasteiger partial charge in [0.2, 0.25) is 11.8 Å². The number of amides is 5. The van der Waals surface area contributed by atoms with Crippen molar-refractivity contribution in [2.24, 2.45) is 0 Å². The number of aromatic nitrogens is 4. The first-order chi connectivity index (χ1) is 30.7. The zero-order valence-electron chi connectivity index (χ0n) is 34.3. The SMILES string of the molecule is N#Cc1cnc2c(cnn2-c2cc(NC3CC3)c(C(=O)NCC(F)COCCOCCOCCOCCOCCNc3cccc4c3C(=O)N(C3CCC(=O)NC3=O)C4=O)cn2)c1. The van der Waals surface area contributed by atoms with Gasteiger partial charge in [-0.2, -0.15) is 15.0 Å². The van der Waals surface area contributed by atoms with Gasteiger partial charge in [0.15, 0.2) is 11.5 Å². The van der Waals surface area contributed by atoms with Gasteiger partial charge in [-0.1, -0.05) is 6.07 Å². The second kappa shape index (κ2) is 21.6. The predicted molar refractivity (Wildman–Crippen MR) is 221 cm³/mol. The molecule has 63 heavy (non-hydrogen) atoms. The molecule has 4 N–H and O–H groups in total. The summed E-state index contributed by atoms with van der Waals surface area (Å²) in [5, 5.41) is 25.5. The maximum atomic E-state index is 14.6. The lowest BCUT2D eigenvalue weighted by atomic mass is 10.0. The standard InChI is InChI=1S/C42H47FN10O10/c43-28(23-48-39(55)31-24-46-35(19-33(31)50-29-4-5-29)53-38-27(22-49-53)18-26(20-44)21-47-38)25-63-17-16-62-15-14-61-13-12-60-11-10-59-9-8-45-32-3-1-2-30-37(32)42(58)52(41(30)57)34-6-7-36(54)51-40(34)56/h1-3,18-19,21-22,24,28-29,34,45H,4-17,23,25H2,(H,46,50)(H,48,55)(H,51,54,56). The maximum absolute atomic E-state index is 14.6. The van der Waals surface area contributed by atoms with Crippen LogP contribution in [0.3, 0.4) is 0 Å². The van der Waals surface area contributed by atoms with Gasteiger partial charge in [-0.25, -0.2) is 14.4 Å². The van der Waals surface area contributed by atoms with Gasteiger partial charge in [-0.3, -0.25) is 34.2 Å². The highest BCUT2D eigenvalue weighted by atomic mass is 19.1. The third kappa shape index (κ3) is 11.5. The number of alkyl halides is 1. The van der Waals surface area contributed by atoms with Crippen LogP contribution in [0.1, 0.15) is 62.3 Å². The number of fused-ring (bicyclic) bond motifs is 2. The van der Waals surface area contributed by atoms with Gasteiger partial charge in [0.1, 0.15) is 18.3 Å². The largest absolute Gasteiger partial charge is 0.382 e. The number of hydrogen-bond acceptors (Lipinski definition) is 16. The molecule has 3 aliphatic rings. The summed E-state index contributed by atoms with van der Waals surface area (Å²) in [7, 11) is 0. The van der Waals surface area contributed by atoms with Crippen molar-refractivity contribution >= 4 is 51.9 Å². The highest BCUT2D eigenvalue weighted by Gasteiger charge is 2.45. The summed E-state index contributed by atoms with van der Waals surface area (Å²) < 4.78 is 43.6. The van der Waals surface area contributed by atoms with Gasteiger partial charge in [-0.05, 0) is 37.5 Å². The van der Waals surface area contributed by atoms with Gasteiger partial charge >= 0.3 is 0 Å². The summed E-state index contributed by atoms with van der Waals surface area (Å²) in [5.74, 6) is -2.29. The lowest BCUT2D eigenvalue weighted by Gasteiger charge is -2.27. The van der Waals surface area contributed by atoms with Gasteiger partial charge in [0, 0.05) is 48.5 Å². The predicted octanol–water partition coefficient (Wildman–Crippen LogP) is 1.93. The second-order valence-electron chi connectivity index (χ2n) is 14.7. The molecule has 1 saturated heterocycles. The molecule has 2 fully saturated rings. The fourth-order valence-electron chi connectivity index (χ4n) is 6.83. The molecule has 1 saturated carbocycles. The van der Waals surface area contributed by atoms with Crippen molar-refractivity contribution in [3.63, 3.8) is 0 Å². The third-order valence-electron chi connectivity index (χ3n) is 10.1. The van der Waals surface area contributed by atoms with Crippen molar-refractivity contribution in [1.29, 1.82) is 5.26 Å². The maximum Gasteiger partial charge on any atom is 0.264 e. The number of halogens is 1. The van der Waals surface area contributed by atoms with E-state index in [4.69, 9.17) is 28.9 Å². The molecular weight excluding hydrogens is 824 g/mol. The lowest BCUT2D eigenvalue weighted by Crippen LogP contribution is -2.54. The molecule has 21 heteroatoms. The van der Waals surface area contributed by atoms with Crippen molar-refractivity contribution in [3.8, 4) is 11.9 Å². The number of nitriles is 1. The number of pyridine rings is 2. The fraction of sp³-hybridized carbons (Fsp3) is 0.452. The average Bonchev–Trinajstić information content (AvgIpc) is 3.94. The molecule has 2 aliphatic heterocycles. The number of piperidine rings is 1. The monoisotopic (exact) mass is 870 g/mol. The molecular formula is C42H47FN10O10. The fourth-order valence-corrected chi connectivity index (χ4v) is 6.83. The topological polar surface area (TPSA) is 250 Å². The van der Waals surface area contributed by atoms with E-state index in [2.05, 4.69) is 42.4 Å². The Morgan fingerprint density at radius 3 is 2.29 bits per heavy atom.